The highest BCUT2D eigenvalue weighted by atomic mass is 16.5. The molecule has 1 saturated heterocycles. The van der Waals surface area contributed by atoms with Gasteiger partial charge in [-0.3, -0.25) is 9.89 Å². The van der Waals surface area contributed by atoms with E-state index in [0.29, 0.717) is 18.4 Å². The van der Waals surface area contributed by atoms with Crippen molar-refractivity contribution < 1.29 is 9.15 Å². The lowest BCUT2D eigenvalue weighted by atomic mass is 10.1. The van der Waals surface area contributed by atoms with Crippen molar-refractivity contribution in [2.24, 2.45) is 10.9 Å². The van der Waals surface area contributed by atoms with Gasteiger partial charge in [0, 0.05) is 38.8 Å². The molecule has 2 aromatic rings. The number of oxazole rings is 1. The fourth-order valence-corrected chi connectivity index (χ4v) is 3.17. The SMILES string of the molecule is CN=C(NCc1coc(-c2ccc(C)cc2)n1)NCC(C)CN1CCOCC1. The van der Waals surface area contributed by atoms with E-state index in [-0.39, 0.29) is 0 Å². The molecule has 0 bridgehead atoms. The summed E-state index contributed by atoms with van der Waals surface area (Å²) < 4.78 is 11.0. The third-order valence-electron chi connectivity index (χ3n) is 4.80. The summed E-state index contributed by atoms with van der Waals surface area (Å²) in [5.41, 5.74) is 3.05. The van der Waals surface area contributed by atoms with E-state index in [1.54, 1.807) is 13.3 Å². The molecule has 0 saturated carbocycles. The van der Waals surface area contributed by atoms with Crippen molar-refractivity contribution in [2.45, 2.75) is 20.4 Å². The standard InChI is InChI=1S/C21H31N5O2/c1-16-4-6-18(7-5-16)20-25-19(15-28-20)13-24-21(22-3)23-12-17(2)14-26-8-10-27-11-9-26/h4-7,15,17H,8-14H2,1-3H3,(H2,22,23,24). The van der Waals surface area contributed by atoms with Crippen LogP contribution in [0.3, 0.4) is 0 Å². The largest absolute Gasteiger partial charge is 0.444 e. The molecule has 2 N–H and O–H groups in total. The Morgan fingerprint density at radius 3 is 2.68 bits per heavy atom. The van der Waals surface area contributed by atoms with Gasteiger partial charge in [-0.1, -0.05) is 24.6 Å². The van der Waals surface area contributed by atoms with Crippen molar-refractivity contribution >= 4 is 5.96 Å². The van der Waals surface area contributed by atoms with Gasteiger partial charge in [-0.25, -0.2) is 4.98 Å². The number of rotatable bonds is 7. The van der Waals surface area contributed by atoms with Gasteiger partial charge in [0.05, 0.1) is 25.5 Å². The Kier molecular flexibility index (Phi) is 7.45. The first-order valence-corrected chi connectivity index (χ1v) is 9.90. The molecular weight excluding hydrogens is 354 g/mol. The van der Waals surface area contributed by atoms with Crippen LogP contribution in [0.2, 0.25) is 0 Å². The van der Waals surface area contributed by atoms with Crippen molar-refractivity contribution in [2.75, 3.05) is 46.4 Å². The zero-order chi connectivity index (χ0) is 19.8. The van der Waals surface area contributed by atoms with E-state index in [9.17, 15) is 0 Å². The molecule has 1 aliphatic rings. The van der Waals surface area contributed by atoms with Crippen molar-refractivity contribution in [1.82, 2.24) is 20.5 Å². The normalized spacial score (nSPS) is 16.8. The van der Waals surface area contributed by atoms with Crippen molar-refractivity contribution in [1.29, 1.82) is 0 Å². The number of nitrogens with one attached hydrogen (secondary N) is 2. The molecule has 1 aliphatic heterocycles. The van der Waals surface area contributed by atoms with Gasteiger partial charge in [0.25, 0.3) is 0 Å². The van der Waals surface area contributed by atoms with Crippen LogP contribution in [-0.2, 0) is 11.3 Å². The number of benzene rings is 1. The Hall–Kier alpha value is -2.38. The van der Waals surface area contributed by atoms with E-state index < -0.39 is 0 Å². The van der Waals surface area contributed by atoms with E-state index in [0.717, 1.165) is 56.6 Å². The van der Waals surface area contributed by atoms with E-state index in [1.165, 1.54) is 5.56 Å². The Morgan fingerprint density at radius 1 is 1.21 bits per heavy atom. The predicted octanol–water partition coefficient (Wildman–Crippen LogP) is 2.28. The van der Waals surface area contributed by atoms with Gasteiger partial charge < -0.3 is 19.8 Å². The first-order valence-electron chi connectivity index (χ1n) is 9.90. The fraction of sp³-hybridized carbons (Fsp3) is 0.524. The fourth-order valence-electron chi connectivity index (χ4n) is 3.17. The maximum absolute atomic E-state index is 5.61. The number of nitrogens with zero attached hydrogens (tertiary/aromatic N) is 3. The molecule has 152 valence electrons. The number of aryl methyl sites for hydroxylation is 1. The average molecular weight is 386 g/mol. The molecule has 7 heteroatoms. The minimum absolute atomic E-state index is 0.525. The van der Waals surface area contributed by atoms with Gasteiger partial charge in [-0.15, -0.1) is 0 Å². The van der Waals surface area contributed by atoms with Crippen LogP contribution in [0.15, 0.2) is 39.9 Å². The van der Waals surface area contributed by atoms with Gasteiger partial charge in [0.15, 0.2) is 5.96 Å². The summed E-state index contributed by atoms with van der Waals surface area (Å²) in [5.74, 6) is 1.93. The molecular formula is C21H31N5O2. The molecule has 1 aromatic carbocycles. The number of morpholine rings is 1. The van der Waals surface area contributed by atoms with E-state index in [4.69, 9.17) is 9.15 Å². The lowest BCUT2D eigenvalue weighted by Crippen LogP contribution is -2.43. The summed E-state index contributed by atoms with van der Waals surface area (Å²) in [6, 6.07) is 8.16. The number of hydrogen-bond acceptors (Lipinski definition) is 5. The summed E-state index contributed by atoms with van der Waals surface area (Å²) >= 11 is 0. The molecule has 28 heavy (non-hydrogen) atoms. The maximum atomic E-state index is 5.61. The van der Waals surface area contributed by atoms with Crippen LogP contribution >= 0.6 is 0 Å². The summed E-state index contributed by atoms with van der Waals surface area (Å²) in [6.07, 6.45) is 1.69. The highest BCUT2D eigenvalue weighted by Crippen LogP contribution is 2.18. The molecule has 7 nitrogen and oxygen atoms in total. The first kappa shape index (κ1) is 20.4. The van der Waals surface area contributed by atoms with Crippen LogP contribution in [0.1, 0.15) is 18.2 Å². The Bertz CT molecular complexity index is 750. The number of aliphatic imine (C=N–C) groups is 1. The summed E-state index contributed by atoms with van der Waals surface area (Å²) in [7, 11) is 1.78. The third-order valence-corrected chi connectivity index (χ3v) is 4.80. The van der Waals surface area contributed by atoms with Gasteiger partial charge in [0.2, 0.25) is 5.89 Å². The highest BCUT2D eigenvalue weighted by molar-refractivity contribution is 5.79. The van der Waals surface area contributed by atoms with Gasteiger partial charge >= 0.3 is 0 Å². The second-order valence-electron chi connectivity index (χ2n) is 7.33. The minimum Gasteiger partial charge on any atom is -0.444 e. The molecule has 2 heterocycles. The van der Waals surface area contributed by atoms with E-state index in [1.807, 2.05) is 12.1 Å². The summed E-state index contributed by atoms with van der Waals surface area (Å²) in [6.45, 7) is 10.5. The highest BCUT2D eigenvalue weighted by Gasteiger charge is 2.14. The lowest BCUT2D eigenvalue weighted by Gasteiger charge is -2.29. The van der Waals surface area contributed by atoms with E-state index >= 15 is 0 Å². The third kappa shape index (κ3) is 6.07. The smallest absolute Gasteiger partial charge is 0.226 e. The Balaban J connectivity index is 1.43. The molecule has 3 rings (SSSR count). The number of ether oxygens (including phenoxy) is 1. The van der Waals surface area contributed by atoms with Crippen LogP contribution in [0, 0.1) is 12.8 Å². The number of guanidine groups is 1. The van der Waals surface area contributed by atoms with Crippen molar-refractivity contribution in [3.8, 4) is 11.5 Å². The number of aromatic nitrogens is 1. The quantitative estimate of drug-likeness (QED) is 0.563. The second-order valence-corrected chi connectivity index (χ2v) is 7.33. The Labute approximate surface area is 167 Å². The molecule has 0 aliphatic carbocycles. The zero-order valence-corrected chi connectivity index (χ0v) is 17.1. The molecule has 0 radical (unpaired) electrons. The Morgan fingerprint density at radius 2 is 1.96 bits per heavy atom. The molecule has 0 amide bonds. The second kappa shape index (κ2) is 10.2. The van der Waals surface area contributed by atoms with Crippen LogP contribution in [-0.4, -0.2) is 62.3 Å². The van der Waals surface area contributed by atoms with Crippen LogP contribution in [0.25, 0.3) is 11.5 Å². The molecule has 1 atom stereocenters. The van der Waals surface area contributed by atoms with Gasteiger partial charge in [-0.2, -0.15) is 0 Å². The minimum atomic E-state index is 0.525. The van der Waals surface area contributed by atoms with Crippen LogP contribution < -0.4 is 10.6 Å². The van der Waals surface area contributed by atoms with Crippen LogP contribution in [0.5, 0.6) is 0 Å². The first-order chi connectivity index (χ1) is 13.6. The topological polar surface area (TPSA) is 74.9 Å². The molecule has 1 aromatic heterocycles. The van der Waals surface area contributed by atoms with Crippen molar-refractivity contribution in [3.63, 3.8) is 0 Å². The summed E-state index contributed by atoms with van der Waals surface area (Å²) in [5, 5.41) is 6.70. The molecule has 1 unspecified atom stereocenters. The number of hydrogen-bond donors (Lipinski definition) is 2. The van der Waals surface area contributed by atoms with Crippen molar-refractivity contribution in [3.05, 3.63) is 41.8 Å². The predicted molar refractivity (Wildman–Crippen MR) is 111 cm³/mol. The van der Waals surface area contributed by atoms with Gasteiger partial charge in [0.1, 0.15) is 6.26 Å². The van der Waals surface area contributed by atoms with Crippen LogP contribution in [0.4, 0.5) is 0 Å². The summed E-state index contributed by atoms with van der Waals surface area (Å²) in [4.78, 5) is 11.3. The van der Waals surface area contributed by atoms with Gasteiger partial charge in [-0.05, 0) is 25.0 Å². The average Bonchev–Trinajstić information content (AvgIpc) is 3.18. The maximum Gasteiger partial charge on any atom is 0.226 e. The lowest BCUT2D eigenvalue weighted by molar-refractivity contribution is 0.0320. The molecule has 0 spiro atoms. The molecule has 1 fully saturated rings. The van der Waals surface area contributed by atoms with E-state index in [2.05, 4.69) is 51.5 Å². The monoisotopic (exact) mass is 385 g/mol. The zero-order valence-electron chi connectivity index (χ0n) is 17.1.